The molecule has 0 bridgehead atoms. The standard InChI is InChI=1S/C14H14FN.C6H11NO.C3H7NO/c15-14-7-5-13(6-8-14)12-3-1-11(2-4-12)9-10-16;1-6(8)7-4-2-3-5-7;1-4(2)3-5/h1-8H,9-10,16H2;2-5H2,1H3;3H,1-2H3. The largest absolute Gasteiger partial charge is 0.351 e. The second-order valence-corrected chi connectivity index (χ2v) is 7.02. The summed E-state index contributed by atoms with van der Waals surface area (Å²) in [5.41, 5.74) is 8.84. The van der Waals surface area contributed by atoms with Crippen molar-refractivity contribution in [1.82, 2.24) is 9.80 Å². The van der Waals surface area contributed by atoms with E-state index in [1.165, 1.54) is 35.4 Å². The van der Waals surface area contributed by atoms with Crippen LogP contribution in [0.25, 0.3) is 11.1 Å². The van der Waals surface area contributed by atoms with Crippen molar-refractivity contribution >= 4 is 12.3 Å². The van der Waals surface area contributed by atoms with E-state index in [9.17, 15) is 14.0 Å². The van der Waals surface area contributed by atoms with Gasteiger partial charge in [-0.1, -0.05) is 36.4 Å². The average molecular weight is 402 g/mol. The number of amides is 2. The number of rotatable bonds is 4. The van der Waals surface area contributed by atoms with E-state index in [2.05, 4.69) is 12.1 Å². The summed E-state index contributed by atoms with van der Waals surface area (Å²) in [6.45, 7) is 4.26. The van der Waals surface area contributed by atoms with Crippen molar-refractivity contribution in [3.8, 4) is 11.1 Å². The van der Waals surface area contributed by atoms with Crippen LogP contribution in [0, 0.1) is 5.82 Å². The Morgan fingerprint density at radius 1 is 1.03 bits per heavy atom. The lowest BCUT2D eigenvalue weighted by atomic mass is 10.0. The molecule has 1 aliphatic heterocycles. The number of nitrogens with two attached hydrogens (primary N) is 1. The Morgan fingerprint density at radius 2 is 1.48 bits per heavy atom. The summed E-state index contributed by atoms with van der Waals surface area (Å²) in [7, 11) is 3.38. The van der Waals surface area contributed by atoms with Gasteiger partial charge in [0.05, 0.1) is 0 Å². The maximum absolute atomic E-state index is 12.8. The van der Waals surface area contributed by atoms with Crippen molar-refractivity contribution in [3.05, 3.63) is 59.9 Å². The van der Waals surface area contributed by atoms with E-state index in [4.69, 9.17) is 5.73 Å². The zero-order valence-electron chi connectivity index (χ0n) is 17.6. The minimum absolute atomic E-state index is 0.205. The highest BCUT2D eigenvalue weighted by Crippen LogP contribution is 2.20. The summed E-state index contributed by atoms with van der Waals surface area (Å²) >= 11 is 0. The molecule has 0 radical (unpaired) electrons. The van der Waals surface area contributed by atoms with Crippen LogP contribution in [0.1, 0.15) is 25.3 Å². The van der Waals surface area contributed by atoms with E-state index in [1.807, 2.05) is 17.0 Å². The summed E-state index contributed by atoms with van der Waals surface area (Å²) in [6.07, 6.45) is 4.03. The zero-order chi connectivity index (χ0) is 21.6. The molecule has 1 saturated heterocycles. The molecule has 6 heteroatoms. The normalized spacial score (nSPS) is 12.2. The van der Waals surface area contributed by atoms with Gasteiger partial charge in [-0.2, -0.15) is 0 Å². The van der Waals surface area contributed by atoms with Crippen molar-refractivity contribution < 1.29 is 14.0 Å². The van der Waals surface area contributed by atoms with Crippen LogP contribution < -0.4 is 5.73 Å². The summed E-state index contributed by atoms with van der Waals surface area (Å²) < 4.78 is 12.8. The molecule has 0 spiro atoms. The van der Waals surface area contributed by atoms with Gasteiger partial charge in [-0.3, -0.25) is 9.59 Å². The van der Waals surface area contributed by atoms with Gasteiger partial charge in [0.25, 0.3) is 0 Å². The highest BCUT2D eigenvalue weighted by atomic mass is 19.1. The third-order valence-electron chi connectivity index (χ3n) is 4.33. The molecule has 0 aliphatic carbocycles. The van der Waals surface area contributed by atoms with Gasteiger partial charge in [0, 0.05) is 34.1 Å². The Bertz CT molecular complexity index is 725. The molecular formula is C23H32FN3O2. The lowest BCUT2D eigenvalue weighted by Gasteiger charge is -2.10. The smallest absolute Gasteiger partial charge is 0.219 e. The predicted octanol–water partition coefficient (Wildman–Crippen LogP) is 3.33. The monoisotopic (exact) mass is 401 g/mol. The lowest BCUT2D eigenvalue weighted by Crippen LogP contribution is -2.24. The van der Waals surface area contributed by atoms with Crippen molar-refractivity contribution in [3.63, 3.8) is 0 Å². The van der Waals surface area contributed by atoms with Crippen LogP contribution in [0.2, 0.25) is 0 Å². The van der Waals surface area contributed by atoms with Crippen molar-refractivity contribution in [1.29, 1.82) is 0 Å². The molecule has 29 heavy (non-hydrogen) atoms. The van der Waals surface area contributed by atoms with Crippen LogP contribution in [0.15, 0.2) is 48.5 Å². The van der Waals surface area contributed by atoms with E-state index >= 15 is 0 Å². The first-order chi connectivity index (χ1) is 13.9. The molecule has 2 N–H and O–H groups in total. The number of benzene rings is 2. The number of hydrogen-bond donors (Lipinski definition) is 1. The summed E-state index contributed by atoms with van der Waals surface area (Å²) in [6, 6.07) is 14.7. The first kappa shape index (κ1) is 24.3. The number of carbonyl (C=O) groups is 2. The van der Waals surface area contributed by atoms with Gasteiger partial charge in [-0.05, 0) is 54.6 Å². The Morgan fingerprint density at radius 3 is 1.83 bits per heavy atom. The second-order valence-electron chi connectivity index (χ2n) is 7.02. The molecule has 1 fully saturated rings. The molecule has 0 atom stereocenters. The Hall–Kier alpha value is -2.73. The van der Waals surface area contributed by atoms with Crippen LogP contribution in [0.3, 0.4) is 0 Å². The Labute approximate surface area is 173 Å². The zero-order valence-corrected chi connectivity index (χ0v) is 17.6. The number of likely N-dealkylation sites (tertiary alicyclic amines) is 1. The maximum atomic E-state index is 12.8. The van der Waals surface area contributed by atoms with Gasteiger partial charge < -0.3 is 15.5 Å². The third kappa shape index (κ3) is 9.85. The third-order valence-corrected chi connectivity index (χ3v) is 4.33. The topological polar surface area (TPSA) is 66.6 Å². The molecule has 158 valence electrons. The fourth-order valence-corrected chi connectivity index (χ4v) is 2.70. The summed E-state index contributed by atoms with van der Waals surface area (Å²) in [5, 5.41) is 0. The van der Waals surface area contributed by atoms with Crippen molar-refractivity contribution in [2.24, 2.45) is 5.73 Å². The van der Waals surface area contributed by atoms with Gasteiger partial charge in [-0.25, -0.2) is 4.39 Å². The van der Waals surface area contributed by atoms with Crippen LogP contribution in [-0.2, 0) is 16.0 Å². The molecule has 2 aromatic rings. The fourth-order valence-electron chi connectivity index (χ4n) is 2.70. The van der Waals surface area contributed by atoms with Crippen LogP contribution in [-0.4, -0.2) is 55.8 Å². The van der Waals surface area contributed by atoms with Gasteiger partial charge in [0.1, 0.15) is 5.82 Å². The highest BCUT2D eigenvalue weighted by molar-refractivity contribution is 5.73. The minimum atomic E-state index is -0.205. The molecule has 0 saturated carbocycles. The van der Waals surface area contributed by atoms with Crippen molar-refractivity contribution in [2.75, 3.05) is 33.7 Å². The summed E-state index contributed by atoms with van der Waals surface area (Å²) in [4.78, 5) is 23.3. The highest BCUT2D eigenvalue weighted by Gasteiger charge is 2.12. The first-order valence-corrected chi connectivity index (χ1v) is 9.79. The molecule has 0 aromatic heterocycles. The van der Waals surface area contributed by atoms with E-state index in [0.29, 0.717) is 6.54 Å². The molecular weight excluding hydrogens is 369 g/mol. The van der Waals surface area contributed by atoms with E-state index < -0.39 is 0 Å². The number of carbonyl (C=O) groups excluding carboxylic acids is 2. The Balaban J connectivity index is 0.000000269. The van der Waals surface area contributed by atoms with Gasteiger partial charge >= 0.3 is 0 Å². The Kier molecular flexibility index (Phi) is 11.3. The van der Waals surface area contributed by atoms with Gasteiger partial charge in [0.15, 0.2) is 0 Å². The predicted molar refractivity (Wildman–Crippen MR) is 116 cm³/mol. The molecule has 2 amide bonds. The van der Waals surface area contributed by atoms with E-state index in [1.54, 1.807) is 33.2 Å². The number of halogens is 1. The van der Waals surface area contributed by atoms with Gasteiger partial charge in [0.2, 0.25) is 12.3 Å². The number of nitrogens with zero attached hydrogens (tertiary/aromatic N) is 2. The molecule has 1 aliphatic rings. The van der Waals surface area contributed by atoms with Crippen LogP contribution in [0.4, 0.5) is 4.39 Å². The molecule has 3 rings (SSSR count). The quantitative estimate of drug-likeness (QED) is 0.799. The van der Waals surface area contributed by atoms with Crippen LogP contribution >= 0.6 is 0 Å². The first-order valence-electron chi connectivity index (χ1n) is 9.79. The van der Waals surface area contributed by atoms with Gasteiger partial charge in [-0.15, -0.1) is 0 Å². The average Bonchev–Trinajstić information content (AvgIpc) is 3.26. The van der Waals surface area contributed by atoms with Crippen molar-refractivity contribution in [2.45, 2.75) is 26.2 Å². The van der Waals surface area contributed by atoms with E-state index in [0.717, 1.165) is 37.0 Å². The second kappa shape index (κ2) is 13.4. The SMILES string of the molecule is CC(=O)N1CCCC1.CN(C)C=O.NCCc1ccc(-c2ccc(F)cc2)cc1. The minimum Gasteiger partial charge on any atom is -0.351 e. The van der Waals surface area contributed by atoms with Crippen LogP contribution in [0.5, 0.6) is 0 Å². The molecule has 1 heterocycles. The lowest BCUT2D eigenvalue weighted by molar-refractivity contribution is -0.127. The maximum Gasteiger partial charge on any atom is 0.219 e. The molecule has 5 nitrogen and oxygen atoms in total. The van der Waals surface area contributed by atoms with E-state index in [-0.39, 0.29) is 11.7 Å². The molecule has 0 unspecified atom stereocenters. The molecule has 2 aromatic carbocycles. The fraction of sp³-hybridized carbons (Fsp3) is 0.391. The summed E-state index contributed by atoms with van der Waals surface area (Å²) in [5.74, 6) is 0.0194. The number of hydrogen-bond acceptors (Lipinski definition) is 3.